The van der Waals surface area contributed by atoms with Gasteiger partial charge < -0.3 is 14.2 Å². The van der Waals surface area contributed by atoms with Gasteiger partial charge in [0.1, 0.15) is 11.4 Å². The molecule has 0 radical (unpaired) electrons. The topological polar surface area (TPSA) is 44.8 Å². The lowest BCUT2D eigenvalue weighted by molar-refractivity contribution is -0.147. The van der Waals surface area contributed by atoms with Crippen LogP contribution in [0.15, 0.2) is 36.1 Å². The highest BCUT2D eigenvalue weighted by atomic mass is 16.6. The first-order valence-corrected chi connectivity index (χ1v) is 6.74. The molecule has 1 aromatic carbocycles. The average Bonchev–Trinajstić information content (AvgIpc) is 2.45. The highest BCUT2D eigenvalue weighted by Crippen LogP contribution is 2.47. The number of rotatable bonds is 1. The third-order valence-electron chi connectivity index (χ3n) is 4.11. The van der Waals surface area contributed by atoms with Crippen LogP contribution in [-0.2, 0) is 14.3 Å². The number of allylic oxidation sites excluding steroid dienone is 1. The summed E-state index contributed by atoms with van der Waals surface area (Å²) in [6, 6.07) is 7.94. The summed E-state index contributed by atoms with van der Waals surface area (Å²) >= 11 is 0. The number of ether oxygens (including phenoxy) is 3. The molecule has 4 nitrogen and oxygen atoms in total. The molecule has 0 saturated carbocycles. The van der Waals surface area contributed by atoms with Crippen molar-refractivity contribution < 1.29 is 19.0 Å². The van der Waals surface area contributed by atoms with Gasteiger partial charge in [0.25, 0.3) is 0 Å². The molecule has 20 heavy (non-hydrogen) atoms. The highest BCUT2D eigenvalue weighted by Gasteiger charge is 2.46. The van der Waals surface area contributed by atoms with Crippen molar-refractivity contribution >= 4 is 5.97 Å². The molecule has 0 N–H and O–H groups in total. The Morgan fingerprint density at radius 2 is 2.10 bits per heavy atom. The fourth-order valence-corrected chi connectivity index (χ4v) is 2.99. The standard InChI is InChI=1S/C16H18O4/c1-16(2)12-9-19-13-7-5-4-6-10(13)11(12)8-14(20-16)15(17)18-3/h4-8,11-12H,9H2,1-3H3/t11-,12+/m1/s1. The molecular formula is C16H18O4. The van der Waals surface area contributed by atoms with E-state index < -0.39 is 11.6 Å². The third kappa shape index (κ3) is 1.96. The first-order valence-electron chi connectivity index (χ1n) is 6.74. The second-order valence-electron chi connectivity index (χ2n) is 5.71. The van der Waals surface area contributed by atoms with Crippen LogP contribution >= 0.6 is 0 Å². The SMILES string of the molecule is COC(=O)C1=C[C@@H]2c3ccccc3OC[C@@H]2C(C)(C)O1. The van der Waals surface area contributed by atoms with E-state index in [0.29, 0.717) is 6.61 Å². The molecule has 2 aliphatic heterocycles. The van der Waals surface area contributed by atoms with Gasteiger partial charge in [0.15, 0.2) is 0 Å². The van der Waals surface area contributed by atoms with Gasteiger partial charge in [0.2, 0.25) is 5.76 Å². The van der Waals surface area contributed by atoms with Gasteiger partial charge in [0, 0.05) is 17.4 Å². The minimum Gasteiger partial charge on any atom is -0.493 e. The monoisotopic (exact) mass is 274 g/mol. The maximum atomic E-state index is 11.8. The molecule has 106 valence electrons. The number of methoxy groups -OCH3 is 1. The van der Waals surface area contributed by atoms with Gasteiger partial charge in [-0.1, -0.05) is 18.2 Å². The van der Waals surface area contributed by atoms with Crippen LogP contribution in [0.1, 0.15) is 25.3 Å². The van der Waals surface area contributed by atoms with Gasteiger partial charge in [0.05, 0.1) is 13.7 Å². The molecule has 3 rings (SSSR count). The second-order valence-corrected chi connectivity index (χ2v) is 5.71. The van der Waals surface area contributed by atoms with E-state index in [4.69, 9.17) is 14.2 Å². The minimum absolute atomic E-state index is 0.109. The predicted octanol–water partition coefficient (Wildman–Crippen LogP) is 2.64. The van der Waals surface area contributed by atoms with Crippen molar-refractivity contribution in [2.45, 2.75) is 25.4 Å². The number of hydrogen-bond donors (Lipinski definition) is 0. The summed E-state index contributed by atoms with van der Waals surface area (Å²) in [6.07, 6.45) is 1.86. The van der Waals surface area contributed by atoms with Crippen molar-refractivity contribution in [3.05, 3.63) is 41.7 Å². The Hall–Kier alpha value is -1.97. The van der Waals surface area contributed by atoms with E-state index in [1.807, 2.05) is 44.2 Å². The molecule has 1 aromatic rings. The van der Waals surface area contributed by atoms with Gasteiger partial charge in [-0.15, -0.1) is 0 Å². The van der Waals surface area contributed by atoms with Gasteiger partial charge in [-0.2, -0.15) is 0 Å². The molecule has 4 heteroatoms. The number of benzene rings is 1. The molecule has 0 aliphatic carbocycles. The summed E-state index contributed by atoms with van der Waals surface area (Å²) in [5.41, 5.74) is 0.623. The first-order chi connectivity index (χ1) is 9.53. The van der Waals surface area contributed by atoms with E-state index in [0.717, 1.165) is 11.3 Å². The maximum absolute atomic E-state index is 11.8. The lowest BCUT2D eigenvalue weighted by atomic mass is 9.73. The summed E-state index contributed by atoms with van der Waals surface area (Å²) in [7, 11) is 1.36. The molecule has 2 atom stereocenters. The molecule has 0 bridgehead atoms. The van der Waals surface area contributed by atoms with Gasteiger partial charge in [-0.25, -0.2) is 4.79 Å². The Morgan fingerprint density at radius 3 is 2.85 bits per heavy atom. The van der Waals surface area contributed by atoms with Crippen molar-refractivity contribution in [1.29, 1.82) is 0 Å². The number of fused-ring (bicyclic) bond motifs is 3. The van der Waals surface area contributed by atoms with Crippen molar-refractivity contribution in [3.63, 3.8) is 0 Å². The Labute approximate surface area is 118 Å². The average molecular weight is 274 g/mol. The largest absolute Gasteiger partial charge is 0.493 e. The summed E-state index contributed by atoms with van der Waals surface area (Å²) in [5.74, 6) is 1.02. The lowest BCUT2D eigenvalue weighted by Gasteiger charge is -2.45. The smallest absolute Gasteiger partial charge is 0.373 e. The second kappa shape index (κ2) is 4.54. The minimum atomic E-state index is -0.476. The van der Waals surface area contributed by atoms with Crippen molar-refractivity contribution in [2.75, 3.05) is 13.7 Å². The fraction of sp³-hybridized carbons (Fsp3) is 0.438. The van der Waals surface area contributed by atoms with Gasteiger partial charge in [-0.05, 0) is 26.0 Å². The van der Waals surface area contributed by atoms with E-state index in [1.165, 1.54) is 7.11 Å². The summed E-state index contributed by atoms with van der Waals surface area (Å²) in [6.45, 7) is 4.55. The molecule has 2 aliphatic rings. The molecule has 0 amide bonds. The van der Waals surface area contributed by atoms with E-state index >= 15 is 0 Å². The normalized spacial score (nSPS) is 26.2. The molecule has 0 fully saturated rings. The number of esters is 1. The Kier molecular flexibility index (Phi) is 2.96. The first kappa shape index (κ1) is 13.0. The number of hydrogen-bond acceptors (Lipinski definition) is 4. The fourth-order valence-electron chi connectivity index (χ4n) is 2.99. The van der Waals surface area contributed by atoms with Crippen LogP contribution in [-0.4, -0.2) is 25.3 Å². The molecule has 0 unspecified atom stereocenters. The van der Waals surface area contributed by atoms with Crippen LogP contribution in [0.3, 0.4) is 0 Å². The van der Waals surface area contributed by atoms with E-state index in [1.54, 1.807) is 0 Å². The quantitative estimate of drug-likeness (QED) is 0.738. The molecular weight excluding hydrogens is 256 g/mol. The van der Waals surface area contributed by atoms with E-state index in [9.17, 15) is 4.79 Å². The number of para-hydroxylation sites is 1. The van der Waals surface area contributed by atoms with Crippen LogP contribution < -0.4 is 4.74 Å². The van der Waals surface area contributed by atoms with Crippen molar-refractivity contribution in [1.82, 2.24) is 0 Å². The van der Waals surface area contributed by atoms with E-state index in [-0.39, 0.29) is 17.6 Å². The summed E-state index contributed by atoms with van der Waals surface area (Å²) in [4.78, 5) is 11.8. The van der Waals surface area contributed by atoms with E-state index in [2.05, 4.69) is 0 Å². The van der Waals surface area contributed by atoms with Crippen LogP contribution in [0.4, 0.5) is 0 Å². The number of carbonyl (C=O) groups is 1. The summed E-state index contributed by atoms with van der Waals surface area (Å²) in [5, 5.41) is 0. The Balaban J connectivity index is 2.08. The zero-order chi connectivity index (χ0) is 14.3. The Morgan fingerprint density at radius 1 is 1.35 bits per heavy atom. The van der Waals surface area contributed by atoms with Crippen LogP contribution in [0, 0.1) is 5.92 Å². The molecule has 0 spiro atoms. The van der Waals surface area contributed by atoms with Crippen molar-refractivity contribution in [3.8, 4) is 5.75 Å². The van der Waals surface area contributed by atoms with Crippen LogP contribution in [0.2, 0.25) is 0 Å². The molecule has 0 aromatic heterocycles. The molecule has 2 heterocycles. The maximum Gasteiger partial charge on any atom is 0.373 e. The highest BCUT2D eigenvalue weighted by molar-refractivity contribution is 5.86. The summed E-state index contributed by atoms with van der Waals surface area (Å²) < 4.78 is 16.4. The molecule has 0 saturated heterocycles. The van der Waals surface area contributed by atoms with Gasteiger partial charge >= 0.3 is 5.97 Å². The lowest BCUT2D eigenvalue weighted by Crippen LogP contribution is -2.46. The Bertz CT molecular complexity index is 574. The zero-order valence-electron chi connectivity index (χ0n) is 11.9. The van der Waals surface area contributed by atoms with Crippen LogP contribution in [0.5, 0.6) is 5.75 Å². The van der Waals surface area contributed by atoms with Crippen molar-refractivity contribution in [2.24, 2.45) is 5.92 Å². The van der Waals surface area contributed by atoms with Gasteiger partial charge in [-0.3, -0.25) is 0 Å². The zero-order valence-corrected chi connectivity index (χ0v) is 11.9. The predicted molar refractivity (Wildman–Crippen MR) is 73.4 cm³/mol. The number of carbonyl (C=O) groups excluding carboxylic acids is 1. The van der Waals surface area contributed by atoms with Crippen LogP contribution in [0.25, 0.3) is 0 Å². The third-order valence-corrected chi connectivity index (χ3v) is 4.11.